The molecule has 0 unspecified atom stereocenters. The summed E-state index contributed by atoms with van der Waals surface area (Å²) < 4.78 is 0. The molecule has 0 spiro atoms. The van der Waals surface area contributed by atoms with E-state index in [0.29, 0.717) is 36.1 Å². The largest absolute Gasteiger partial charge is 0.508 e. The van der Waals surface area contributed by atoms with Crippen molar-refractivity contribution in [2.75, 3.05) is 13.6 Å². The van der Waals surface area contributed by atoms with Gasteiger partial charge >= 0.3 is 0 Å². The topological polar surface area (TPSA) is 291 Å². The Balaban J connectivity index is 1.62. The minimum Gasteiger partial charge on any atom is -0.508 e. The van der Waals surface area contributed by atoms with Crippen molar-refractivity contribution in [1.82, 2.24) is 36.5 Å². The molecule has 1 saturated heterocycles. The van der Waals surface area contributed by atoms with Gasteiger partial charge in [0.1, 0.15) is 42.0 Å². The number of carbonyl (C=O) groups is 7. The number of phenolic OH excluding ortho intramolecular Hbond substituents is 1. The Bertz CT molecular complexity index is 2230. The number of aromatic hydroxyl groups is 1. The maximum absolute atomic E-state index is 14.6. The summed E-state index contributed by atoms with van der Waals surface area (Å²) in [6.45, 7) is 1.58. The summed E-state index contributed by atoms with van der Waals surface area (Å²) in [6.07, 6.45) is 0.258. The lowest BCUT2D eigenvalue weighted by Gasteiger charge is -2.33. The van der Waals surface area contributed by atoms with Gasteiger partial charge in [0.2, 0.25) is 41.4 Å². The van der Waals surface area contributed by atoms with Crippen LogP contribution < -0.4 is 38.1 Å². The number of aliphatic hydroxyl groups excluding tert-OH is 1. The molecule has 1 aromatic heterocycles. The first kappa shape index (κ1) is 47.3. The number of aromatic nitrogens is 1. The average molecular weight is 868 g/mol. The van der Waals surface area contributed by atoms with Gasteiger partial charge < -0.3 is 58.1 Å². The molecule has 4 aromatic rings. The van der Waals surface area contributed by atoms with Gasteiger partial charge in [0.25, 0.3) is 0 Å². The van der Waals surface area contributed by atoms with E-state index in [0.717, 1.165) is 15.8 Å². The lowest BCUT2D eigenvalue weighted by Crippen LogP contribution is -2.63. The van der Waals surface area contributed by atoms with Gasteiger partial charge in [0, 0.05) is 49.8 Å². The highest BCUT2D eigenvalue weighted by Gasteiger charge is 2.38. The first-order valence-corrected chi connectivity index (χ1v) is 21.0. The minimum absolute atomic E-state index is 0.0407. The summed E-state index contributed by atoms with van der Waals surface area (Å²) in [6, 6.07) is 13.5. The molecule has 336 valence electrons. The van der Waals surface area contributed by atoms with Gasteiger partial charge in [-0.2, -0.15) is 0 Å². The molecule has 12 N–H and O–H groups in total. The molecule has 0 radical (unpaired) electrons. The summed E-state index contributed by atoms with van der Waals surface area (Å²) >= 11 is 0. The maximum Gasteiger partial charge on any atom is 0.245 e. The number of aromatic amines is 1. The van der Waals surface area contributed by atoms with Gasteiger partial charge in [-0.1, -0.05) is 60.7 Å². The van der Waals surface area contributed by atoms with Gasteiger partial charge in [0.15, 0.2) is 0 Å². The third kappa shape index (κ3) is 13.1. The number of rotatable bonds is 14. The van der Waals surface area contributed by atoms with Gasteiger partial charge in [-0.05, 0) is 74.0 Å². The van der Waals surface area contributed by atoms with Crippen molar-refractivity contribution < 1.29 is 43.8 Å². The normalized spacial score (nSPS) is 22.5. The van der Waals surface area contributed by atoms with Crippen LogP contribution >= 0.6 is 0 Å². The van der Waals surface area contributed by atoms with Crippen LogP contribution in [0.5, 0.6) is 5.75 Å². The minimum atomic E-state index is -1.61. The van der Waals surface area contributed by atoms with Crippen molar-refractivity contribution in [3.8, 4) is 5.75 Å². The van der Waals surface area contributed by atoms with Crippen LogP contribution in [0.1, 0.15) is 55.7 Å². The molecule has 0 aliphatic carbocycles. The number of nitrogens with two attached hydrogens (primary N) is 2. The number of aliphatic hydroxyl groups is 1. The monoisotopic (exact) mass is 867 g/mol. The second kappa shape index (κ2) is 22.3. The van der Waals surface area contributed by atoms with Crippen LogP contribution in [0.4, 0.5) is 0 Å². The number of H-pyrrole nitrogens is 1. The summed E-state index contributed by atoms with van der Waals surface area (Å²) in [5.41, 5.74) is 13.8. The van der Waals surface area contributed by atoms with E-state index in [2.05, 4.69) is 31.6 Å². The van der Waals surface area contributed by atoms with Crippen molar-refractivity contribution in [3.05, 3.63) is 102 Å². The lowest BCUT2D eigenvalue weighted by atomic mass is 9.99. The van der Waals surface area contributed by atoms with E-state index in [9.17, 15) is 43.8 Å². The number of nitrogens with one attached hydrogen (secondary N) is 6. The molecular formula is C45H57N9O9. The van der Waals surface area contributed by atoms with Gasteiger partial charge in [-0.3, -0.25) is 33.6 Å². The fourth-order valence-electron chi connectivity index (χ4n) is 7.53. The van der Waals surface area contributed by atoms with E-state index in [1.807, 2.05) is 24.3 Å². The van der Waals surface area contributed by atoms with Crippen molar-refractivity contribution in [2.24, 2.45) is 11.5 Å². The molecule has 18 nitrogen and oxygen atoms in total. The fourth-order valence-corrected chi connectivity index (χ4v) is 7.53. The molecular weight excluding hydrogens is 811 g/mol. The van der Waals surface area contributed by atoms with E-state index in [1.54, 1.807) is 48.7 Å². The molecule has 1 aliphatic heterocycles. The Hall–Kier alpha value is -6.79. The molecule has 18 heteroatoms. The Morgan fingerprint density at radius 2 is 1.25 bits per heavy atom. The molecule has 2 heterocycles. The SMILES string of the molecule is C[C@@H](O)[C@@H]1NC(=O)[C@H](CCCCN)NC(=O)[C@@H](Cc2c[nH]c3ccccc23)NC(=O)[C@H](Cc2ccc(O)cc2)NC(=O)[C@H](CCC(N)=O)N(C)C(=O)[C@H](Cc2ccccc2)NC1=O. The molecule has 0 saturated carbocycles. The number of nitrogens with zero attached hydrogens (tertiary/aromatic N) is 1. The Morgan fingerprint density at radius 3 is 1.92 bits per heavy atom. The summed E-state index contributed by atoms with van der Waals surface area (Å²) in [7, 11) is 1.31. The van der Waals surface area contributed by atoms with Gasteiger partial charge in [-0.15, -0.1) is 0 Å². The van der Waals surface area contributed by atoms with Crippen LogP contribution in [-0.2, 0) is 52.8 Å². The molecule has 1 aliphatic rings. The highest BCUT2D eigenvalue weighted by atomic mass is 16.3. The first-order valence-electron chi connectivity index (χ1n) is 21.0. The molecule has 0 bridgehead atoms. The fraction of sp³-hybridized carbons (Fsp3) is 0.400. The molecule has 7 amide bonds. The van der Waals surface area contributed by atoms with Crippen molar-refractivity contribution in [3.63, 3.8) is 0 Å². The third-order valence-corrected chi connectivity index (χ3v) is 11.1. The maximum atomic E-state index is 14.6. The zero-order valence-electron chi connectivity index (χ0n) is 35.3. The van der Waals surface area contributed by atoms with Gasteiger partial charge in [0.05, 0.1) is 6.10 Å². The first-order chi connectivity index (χ1) is 30.1. The zero-order valence-corrected chi connectivity index (χ0v) is 35.3. The second-order valence-electron chi connectivity index (χ2n) is 15.8. The van der Waals surface area contributed by atoms with Crippen LogP contribution in [-0.4, -0.2) is 117 Å². The average Bonchev–Trinajstić information content (AvgIpc) is 3.67. The molecule has 7 atom stereocenters. The highest BCUT2D eigenvalue weighted by Crippen LogP contribution is 2.21. The van der Waals surface area contributed by atoms with Crippen LogP contribution in [0.15, 0.2) is 85.1 Å². The number of unbranched alkanes of at least 4 members (excludes halogenated alkanes) is 1. The number of hydrogen-bond donors (Lipinski definition) is 10. The summed E-state index contributed by atoms with van der Waals surface area (Å²) in [5.74, 6) is -5.71. The predicted molar refractivity (Wildman–Crippen MR) is 233 cm³/mol. The highest BCUT2D eigenvalue weighted by molar-refractivity contribution is 5.99. The van der Waals surface area contributed by atoms with Crippen molar-refractivity contribution in [1.29, 1.82) is 0 Å². The van der Waals surface area contributed by atoms with E-state index in [1.165, 1.54) is 26.1 Å². The second-order valence-corrected chi connectivity index (χ2v) is 15.8. The smallest absolute Gasteiger partial charge is 0.245 e. The number of phenols is 1. The number of hydrogen-bond acceptors (Lipinski definition) is 10. The quantitative estimate of drug-likeness (QED) is 0.0754. The van der Waals surface area contributed by atoms with E-state index >= 15 is 0 Å². The number of para-hydroxylation sites is 1. The Labute approximate surface area is 364 Å². The zero-order chi connectivity index (χ0) is 45.6. The van der Waals surface area contributed by atoms with Crippen molar-refractivity contribution in [2.45, 2.75) is 101 Å². The van der Waals surface area contributed by atoms with E-state index in [-0.39, 0.29) is 44.3 Å². The van der Waals surface area contributed by atoms with E-state index in [4.69, 9.17) is 11.5 Å². The van der Waals surface area contributed by atoms with E-state index < -0.39 is 83.7 Å². The predicted octanol–water partition coefficient (Wildman–Crippen LogP) is -0.0587. The lowest BCUT2D eigenvalue weighted by molar-refractivity contribution is -0.144. The van der Waals surface area contributed by atoms with Crippen LogP contribution in [0.25, 0.3) is 10.9 Å². The molecule has 63 heavy (non-hydrogen) atoms. The molecule has 1 fully saturated rings. The Morgan fingerprint density at radius 1 is 0.683 bits per heavy atom. The Kier molecular flexibility index (Phi) is 16.8. The number of carbonyl (C=O) groups excluding carboxylic acids is 7. The summed E-state index contributed by atoms with van der Waals surface area (Å²) in [5, 5.41) is 35.1. The summed E-state index contributed by atoms with van der Waals surface area (Å²) in [4.78, 5) is 103. The van der Waals surface area contributed by atoms with Crippen molar-refractivity contribution >= 4 is 52.3 Å². The number of likely N-dealkylation sites (N-methyl/N-ethyl adjacent to an activating group) is 1. The van der Waals surface area contributed by atoms with Crippen LogP contribution in [0, 0.1) is 0 Å². The van der Waals surface area contributed by atoms with Crippen LogP contribution in [0.2, 0.25) is 0 Å². The third-order valence-electron chi connectivity index (χ3n) is 11.1. The number of amides is 7. The number of primary amides is 1. The van der Waals surface area contributed by atoms with Gasteiger partial charge in [-0.25, -0.2) is 0 Å². The standard InChI is InChI=1S/C45H57N9O9/c1-26(55)39-44(62)52-36(23-27-10-4-3-5-11-27)45(63)54(2)37(19-20-38(47)57)43(61)51-34(22-28-15-17-30(56)18-16-28)41(59)50-35(24-29-25-48-32-13-7-6-12-31(29)32)42(60)49-33(40(58)53-39)14-8-9-21-46/h3-7,10-13,15-18,25-26,33-37,39,48,55-56H,8-9,14,19-24,46H2,1-2H3,(H2,47,57)(H,49,60)(H,50,59)(H,51,61)(H,52,62)(H,53,58)/t26-,33+,34+,35-,36+,37+,39+/m1/s1. The number of fused-ring (bicyclic) bond motifs is 1. The molecule has 3 aromatic carbocycles. The van der Waals surface area contributed by atoms with Crippen LogP contribution in [0.3, 0.4) is 0 Å². The number of benzene rings is 3. The molecule has 5 rings (SSSR count).